The SMILES string of the molecule is Cc1ccc(F)cc1CN1CCCC1CCCO. The van der Waals surface area contributed by atoms with Gasteiger partial charge in [-0.2, -0.15) is 0 Å². The van der Waals surface area contributed by atoms with Gasteiger partial charge in [-0.1, -0.05) is 6.07 Å². The molecule has 1 N–H and O–H groups in total. The van der Waals surface area contributed by atoms with Gasteiger partial charge >= 0.3 is 0 Å². The second kappa shape index (κ2) is 6.30. The normalized spacial score (nSPS) is 20.5. The second-order valence-corrected chi connectivity index (χ2v) is 5.20. The number of hydrogen-bond donors (Lipinski definition) is 1. The summed E-state index contributed by atoms with van der Waals surface area (Å²) < 4.78 is 13.3. The molecular weight excluding hydrogens is 229 g/mol. The van der Waals surface area contributed by atoms with E-state index in [0.717, 1.165) is 37.1 Å². The van der Waals surface area contributed by atoms with Crippen LogP contribution in [0.5, 0.6) is 0 Å². The van der Waals surface area contributed by atoms with Gasteiger partial charge in [0.05, 0.1) is 0 Å². The van der Waals surface area contributed by atoms with Gasteiger partial charge in [-0.25, -0.2) is 4.39 Å². The van der Waals surface area contributed by atoms with Crippen molar-refractivity contribution in [3.8, 4) is 0 Å². The second-order valence-electron chi connectivity index (χ2n) is 5.20. The first-order chi connectivity index (χ1) is 8.70. The van der Waals surface area contributed by atoms with E-state index in [9.17, 15) is 4.39 Å². The minimum atomic E-state index is -0.151. The summed E-state index contributed by atoms with van der Waals surface area (Å²) in [5.41, 5.74) is 2.25. The molecule has 100 valence electrons. The fourth-order valence-electron chi connectivity index (χ4n) is 2.79. The van der Waals surface area contributed by atoms with Crippen molar-refractivity contribution in [1.82, 2.24) is 4.90 Å². The maximum Gasteiger partial charge on any atom is 0.123 e. The highest BCUT2D eigenvalue weighted by atomic mass is 19.1. The van der Waals surface area contributed by atoms with Crippen molar-refractivity contribution in [2.24, 2.45) is 0 Å². The van der Waals surface area contributed by atoms with Crippen molar-refractivity contribution >= 4 is 0 Å². The Morgan fingerprint density at radius 2 is 2.28 bits per heavy atom. The summed E-state index contributed by atoms with van der Waals surface area (Å²) >= 11 is 0. The summed E-state index contributed by atoms with van der Waals surface area (Å²) in [7, 11) is 0. The first-order valence-electron chi connectivity index (χ1n) is 6.80. The van der Waals surface area contributed by atoms with Gasteiger partial charge in [0.1, 0.15) is 5.82 Å². The maximum atomic E-state index is 13.3. The minimum Gasteiger partial charge on any atom is -0.396 e. The lowest BCUT2D eigenvalue weighted by molar-refractivity contribution is 0.209. The summed E-state index contributed by atoms with van der Waals surface area (Å²) in [5, 5.41) is 8.91. The number of aliphatic hydroxyl groups excluding tert-OH is 1. The minimum absolute atomic E-state index is 0.151. The summed E-state index contributed by atoms with van der Waals surface area (Å²) in [4.78, 5) is 2.43. The van der Waals surface area contributed by atoms with Crippen molar-refractivity contribution in [3.63, 3.8) is 0 Å². The van der Waals surface area contributed by atoms with Crippen LogP contribution in [-0.2, 0) is 6.54 Å². The maximum absolute atomic E-state index is 13.3. The molecule has 1 fully saturated rings. The van der Waals surface area contributed by atoms with Crippen LogP contribution < -0.4 is 0 Å². The van der Waals surface area contributed by atoms with E-state index in [2.05, 4.69) is 4.90 Å². The average molecular weight is 251 g/mol. The third-order valence-corrected chi connectivity index (χ3v) is 3.88. The molecule has 1 atom stereocenters. The van der Waals surface area contributed by atoms with E-state index in [-0.39, 0.29) is 12.4 Å². The molecule has 1 aromatic carbocycles. The standard InChI is InChI=1S/C15H22FNO/c1-12-6-7-14(16)10-13(12)11-17-8-2-4-15(17)5-3-9-18/h6-7,10,15,18H,2-5,8-9,11H2,1H3. The quantitative estimate of drug-likeness (QED) is 0.870. The van der Waals surface area contributed by atoms with Crippen LogP contribution in [0.4, 0.5) is 4.39 Å². The number of benzene rings is 1. The Bertz CT molecular complexity index is 394. The highest BCUT2D eigenvalue weighted by Gasteiger charge is 2.24. The van der Waals surface area contributed by atoms with Gasteiger partial charge in [0.25, 0.3) is 0 Å². The van der Waals surface area contributed by atoms with E-state index in [1.165, 1.54) is 18.9 Å². The highest BCUT2D eigenvalue weighted by molar-refractivity contribution is 5.26. The predicted octanol–water partition coefficient (Wildman–Crippen LogP) is 2.87. The average Bonchev–Trinajstić information content (AvgIpc) is 2.79. The Kier molecular flexibility index (Phi) is 4.72. The number of aryl methyl sites for hydroxylation is 1. The van der Waals surface area contributed by atoms with Gasteiger partial charge in [0, 0.05) is 19.2 Å². The van der Waals surface area contributed by atoms with Crippen molar-refractivity contribution in [1.29, 1.82) is 0 Å². The fourth-order valence-corrected chi connectivity index (χ4v) is 2.79. The molecule has 1 aliphatic rings. The number of likely N-dealkylation sites (tertiary alicyclic amines) is 1. The van der Waals surface area contributed by atoms with Crippen molar-refractivity contribution in [3.05, 3.63) is 35.1 Å². The lowest BCUT2D eigenvalue weighted by Gasteiger charge is -2.25. The van der Waals surface area contributed by atoms with Gasteiger partial charge in [0.2, 0.25) is 0 Å². The van der Waals surface area contributed by atoms with Crippen LogP contribution >= 0.6 is 0 Å². The fraction of sp³-hybridized carbons (Fsp3) is 0.600. The van der Waals surface area contributed by atoms with Crippen LogP contribution in [0.15, 0.2) is 18.2 Å². The van der Waals surface area contributed by atoms with Crippen LogP contribution in [0, 0.1) is 12.7 Å². The molecule has 0 radical (unpaired) electrons. The van der Waals surface area contributed by atoms with E-state index >= 15 is 0 Å². The zero-order chi connectivity index (χ0) is 13.0. The molecule has 0 amide bonds. The molecule has 0 bridgehead atoms. The van der Waals surface area contributed by atoms with E-state index in [4.69, 9.17) is 5.11 Å². The van der Waals surface area contributed by atoms with Gasteiger partial charge in [-0.05, 0) is 62.4 Å². The molecule has 1 heterocycles. The van der Waals surface area contributed by atoms with E-state index < -0.39 is 0 Å². The van der Waals surface area contributed by atoms with E-state index in [1.807, 2.05) is 13.0 Å². The largest absolute Gasteiger partial charge is 0.396 e. The van der Waals surface area contributed by atoms with Crippen LogP contribution in [0.2, 0.25) is 0 Å². The first-order valence-corrected chi connectivity index (χ1v) is 6.80. The van der Waals surface area contributed by atoms with Gasteiger partial charge in [-0.3, -0.25) is 4.90 Å². The molecule has 1 aliphatic heterocycles. The van der Waals surface area contributed by atoms with Gasteiger partial charge in [-0.15, -0.1) is 0 Å². The van der Waals surface area contributed by atoms with Crippen LogP contribution in [-0.4, -0.2) is 29.2 Å². The summed E-state index contributed by atoms with van der Waals surface area (Å²) in [5.74, 6) is -0.151. The lowest BCUT2D eigenvalue weighted by Crippen LogP contribution is -2.29. The summed E-state index contributed by atoms with van der Waals surface area (Å²) in [6.45, 7) is 4.22. The van der Waals surface area contributed by atoms with E-state index in [0.29, 0.717) is 6.04 Å². The smallest absolute Gasteiger partial charge is 0.123 e. The number of aliphatic hydroxyl groups is 1. The van der Waals surface area contributed by atoms with Gasteiger partial charge in [0.15, 0.2) is 0 Å². The molecule has 2 rings (SSSR count). The van der Waals surface area contributed by atoms with Crippen LogP contribution in [0.1, 0.15) is 36.8 Å². The van der Waals surface area contributed by atoms with Crippen LogP contribution in [0.3, 0.4) is 0 Å². The molecule has 1 aromatic rings. The Labute approximate surface area is 108 Å². The molecule has 0 aromatic heterocycles. The Hall–Kier alpha value is -0.930. The number of halogens is 1. The predicted molar refractivity (Wildman–Crippen MR) is 70.9 cm³/mol. The molecule has 0 aliphatic carbocycles. The van der Waals surface area contributed by atoms with Crippen molar-refractivity contribution in [2.75, 3.05) is 13.2 Å². The van der Waals surface area contributed by atoms with Crippen molar-refractivity contribution < 1.29 is 9.50 Å². The van der Waals surface area contributed by atoms with Gasteiger partial charge < -0.3 is 5.11 Å². The van der Waals surface area contributed by atoms with Crippen LogP contribution in [0.25, 0.3) is 0 Å². The molecule has 2 nitrogen and oxygen atoms in total. The zero-order valence-electron chi connectivity index (χ0n) is 11.0. The number of rotatable bonds is 5. The lowest BCUT2D eigenvalue weighted by atomic mass is 10.1. The summed E-state index contributed by atoms with van der Waals surface area (Å²) in [6.07, 6.45) is 4.33. The molecule has 0 saturated carbocycles. The topological polar surface area (TPSA) is 23.5 Å². The third-order valence-electron chi connectivity index (χ3n) is 3.88. The van der Waals surface area contributed by atoms with Crippen molar-refractivity contribution in [2.45, 2.75) is 45.2 Å². The zero-order valence-corrected chi connectivity index (χ0v) is 11.0. The third kappa shape index (κ3) is 3.30. The molecular formula is C15H22FNO. The number of hydrogen-bond acceptors (Lipinski definition) is 2. The van der Waals surface area contributed by atoms with E-state index in [1.54, 1.807) is 6.07 Å². The molecule has 1 saturated heterocycles. The Morgan fingerprint density at radius 1 is 1.44 bits per heavy atom. The summed E-state index contributed by atoms with van der Waals surface area (Å²) in [6, 6.07) is 5.58. The molecule has 3 heteroatoms. The Morgan fingerprint density at radius 3 is 3.06 bits per heavy atom. The number of nitrogens with zero attached hydrogens (tertiary/aromatic N) is 1. The monoisotopic (exact) mass is 251 g/mol. The molecule has 0 spiro atoms. The highest BCUT2D eigenvalue weighted by Crippen LogP contribution is 2.24. The first kappa shape index (κ1) is 13.5. The Balaban J connectivity index is 2.01. The molecule has 18 heavy (non-hydrogen) atoms. The molecule has 1 unspecified atom stereocenters.